The summed E-state index contributed by atoms with van der Waals surface area (Å²) in [7, 11) is 0. The molecule has 1 unspecified atom stereocenters. The largest absolute Gasteiger partial charge is 0.398 e. The van der Waals surface area contributed by atoms with Crippen LogP contribution in [-0.4, -0.2) is 0 Å². The second-order valence-corrected chi connectivity index (χ2v) is 5.18. The molecule has 0 aliphatic heterocycles. The smallest absolute Gasteiger partial charge is 0.0352 e. The van der Waals surface area contributed by atoms with Gasteiger partial charge in [-0.05, 0) is 47.8 Å². The molecule has 0 amide bonds. The molecular formula is C14H21N. The molecule has 0 bridgehead atoms. The Morgan fingerprint density at radius 1 is 1.27 bits per heavy atom. The van der Waals surface area contributed by atoms with Crippen LogP contribution >= 0.6 is 0 Å². The minimum atomic E-state index is 0.664. The lowest BCUT2D eigenvalue weighted by Gasteiger charge is -2.33. The number of hydrogen-bond acceptors (Lipinski definition) is 1. The van der Waals surface area contributed by atoms with Gasteiger partial charge in [0.05, 0.1) is 0 Å². The van der Waals surface area contributed by atoms with Gasteiger partial charge in [0.2, 0.25) is 0 Å². The van der Waals surface area contributed by atoms with E-state index in [-0.39, 0.29) is 0 Å². The molecule has 1 heteroatoms. The summed E-state index contributed by atoms with van der Waals surface area (Å²) in [5.74, 6) is 2.04. The standard InChI is InChI=1S/C14H21N/c1-9(2)11-8-7-10(3)12-5-4-6-13(15)14(11)12/h4-6,9-11H,7-8,15H2,1-3H3/t10?,11-/m1/s1. The highest BCUT2D eigenvalue weighted by Crippen LogP contribution is 2.44. The van der Waals surface area contributed by atoms with Gasteiger partial charge >= 0.3 is 0 Å². The molecule has 1 aromatic carbocycles. The maximum atomic E-state index is 6.13. The molecule has 1 nitrogen and oxygen atoms in total. The first-order valence-corrected chi connectivity index (χ1v) is 5.99. The van der Waals surface area contributed by atoms with Crippen molar-refractivity contribution in [1.82, 2.24) is 0 Å². The van der Waals surface area contributed by atoms with Gasteiger partial charge in [-0.25, -0.2) is 0 Å². The first-order valence-electron chi connectivity index (χ1n) is 5.99. The number of rotatable bonds is 1. The lowest BCUT2D eigenvalue weighted by Crippen LogP contribution is -2.18. The SMILES string of the molecule is CC1CC[C@H](C(C)C)c2c(N)cccc21. The first kappa shape index (κ1) is 10.5. The van der Waals surface area contributed by atoms with E-state index in [1.54, 1.807) is 0 Å². The Morgan fingerprint density at radius 3 is 2.67 bits per heavy atom. The van der Waals surface area contributed by atoms with E-state index in [1.807, 2.05) is 6.07 Å². The minimum absolute atomic E-state index is 0.664. The molecule has 2 rings (SSSR count). The van der Waals surface area contributed by atoms with E-state index in [9.17, 15) is 0 Å². The third-order valence-corrected chi connectivity index (χ3v) is 3.79. The quantitative estimate of drug-likeness (QED) is 0.688. The van der Waals surface area contributed by atoms with Crippen molar-refractivity contribution in [2.24, 2.45) is 5.92 Å². The maximum Gasteiger partial charge on any atom is 0.0352 e. The summed E-state index contributed by atoms with van der Waals surface area (Å²) in [6, 6.07) is 6.39. The van der Waals surface area contributed by atoms with Crippen LogP contribution in [0.5, 0.6) is 0 Å². The average molecular weight is 203 g/mol. The van der Waals surface area contributed by atoms with Crippen molar-refractivity contribution >= 4 is 5.69 Å². The normalized spacial score (nSPS) is 25.3. The van der Waals surface area contributed by atoms with Crippen LogP contribution in [0.2, 0.25) is 0 Å². The zero-order valence-corrected chi connectivity index (χ0v) is 9.96. The molecule has 0 saturated carbocycles. The fourth-order valence-corrected chi connectivity index (χ4v) is 2.86. The summed E-state index contributed by atoms with van der Waals surface area (Å²) in [6.07, 6.45) is 2.60. The summed E-state index contributed by atoms with van der Waals surface area (Å²) in [6.45, 7) is 6.92. The molecule has 1 aliphatic rings. The van der Waals surface area contributed by atoms with Gasteiger partial charge in [-0.3, -0.25) is 0 Å². The Morgan fingerprint density at radius 2 is 2.00 bits per heavy atom. The van der Waals surface area contributed by atoms with Gasteiger partial charge in [-0.1, -0.05) is 32.9 Å². The fraction of sp³-hybridized carbons (Fsp3) is 0.571. The predicted octanol–water partition coefficient (Wildman–Crippen LogP) is 3.91. The van der Waals surface area contributed by atoms with E-state index in [1.165, 1.54) is 24.0 Å². The molecular weight excluding hydrogens is 182 g/mol. The van der Waals surface area contributed by atoms with Crippen LogP contribution in [-0.2, 0) is 0 Å². The summed E-state index contributed by atoms with van der Waals surface area (Å²) in [5, 5.41) is 0. The van der Waals surface area contributed by atoms with E-state index in [0.717, 1.165) is 5.69 Å². The van der Waals surface area contributed by atoms with E-state index in [4.69, 9.17) is 5.73 Å². The van der Waals surface area contributed by atoms with Crippen molar-refractivity contribution in [3.05, 3.63) is 29.3 Å². The van der Waals surface area contributed by atoms with Crippen LogP contribution in [0.3, 0.4) is 0 Å². The van der Waals surface area contributed by atoms with Crippen molar-refractivity contribution in [2.75, 3.05) is 5.73 Å². The number of fused-ring (bicyclic) bond motifs is 1. The molecule has 1 aromatic rings. The maximum absolute atomic E-state index is 6.13. The van der Waals surface area contributed by atoms with Gasteiger partial charge in [-0.2, -0.15) is 0 Å². The molecule has 2 atom stereocenters. The number of benzene rings is 1. The van der Waals surface area contributed by atoms with Crippen LogP contribution in [0, 0.1) is 5.92 Å². The average Bonchev–Trinajstić information content (AvgIpc) is 2.19. The number of hydrogen-bond donors (Lipinski definition) is 1. The van der Waals surface area contributed by atoms with Gasteiger partial charge in [0.15, 0.2) is 0 Å². The highest BCUT2D eigenvalue weighted by atomic mass is 14.6. The van der Waals surface area contributed by atoms with E-state index < -0.39 is 0 Å². The zero-order chi connectivity index (χ0) is 11.0. The van der Waals surface area contributed by atoms with Crippen molar-refractivity contribution in [3.8, 4) is 0 Å². The number of anilines is 1. The molecule has 0 aromatic heterocycles. The van der Waals surface area contributed by atoms with Gasteiger partial charge in [0, 0.05) is 5.69 Å². The minimum Gasteiger partial charge on any atom is -0.398 e. The van der Waals surface area contributed by atoms with E-state index in [2.05, 4.69) is 32.9 Å². The molecule has 2 N–H and O–H groups in total. The van der Waals surface area contributed by atoms with Gasteiger partial charge < -0.3 is 5.73 Å². The van der Waals surface area contributed by atoms with Crippen LogP contribution in [0.25, 0.3) is 0 Å². The summed E-state index contributed by atoms with van der Waals surface area (Å²) in [4.78, 5) is 0. The fourth-order valence-electron chi connectivity index (χ4n) is 2.86. The summed E-state index contributed by atoms with van der Waals surface area (Å²) in [5.41, 5.74) is 10.1. The van der Waals surface area contributed by atoms with Crippen LogP contribution in [0.15, 0.2) is 18.2 Å². The second kappa shape index (κ2) is 3.88. The van der Waals surface area contributed by atoms with Crippen molar-refractivity contribution < 1.29 is 0 Å². The van der Waals surface area contributed by atoms with E-state index >= 15 is 0 Å². The highest BCUT2D eigenvalue weighted by Gasteiger charge is 2.28. The van der Waals surface area contributed by atoms with Crippen molar-refractivity contribution in [1.29, 1.82) is 0 Å². The lowest BCUT2D eigenvalue weighted by atomic mass is 9.72. The van der Waals surface area contributed by atoms with Crippen molar-refractivity contribution in [3.63, 3.8) is 0 Å². The molecule has 0 saturated heterocycles. The zero-order valence-electron chi connectivity index (χ0n) is 9.96. The predicted molar refractivity (Wildman–Crippen MR) is 66.1 cm³/mol. The van der Waals surface area contributed by atoms with Crippen molar-refractivity contribution in [2.45, 2.75) is 45.4 Å². The lowest BCUT2D eigenvalue weighted by molar-refractivity contribution is 0.411. The Balaban J connectivity index is 2.51. The van der Waals surface area contributed by atoms with Crippen LogP contribution in [0.1, 0.15) is 56.6 Å². The topological polar surface area (TPSA) is 26.0 Å². The number of nitrogen functional groups attached to an aromatic ring is 1. The summed E-state index contributed by atoms with van der Waals surface area (Å²) >= 11 is 0. The highest BCUT2D eigenvalue weighted by molar-refractivity contribution is 5.55. The Kier molecular flexibility index (Phi) is 2.72. The second-order valence-electron chi connectivity index (χ2n) is 5.18. The third-order valence-electron chi connectivity index (χ3n) is 3.79. The van der Waals surface area contributed by atoms with Gasteiger partial charge in [-0.15, -0.1) is 0 Å². The Bertz CT molecular complexity index is 354. The molecule has 82 valence electrons. The molecule has 1 aliphatic carbocycles. The van der Waals surface area contributed by atoms with Crippen LogP contribution in [0.4, 0.5) is 5.69 Å². The monoisotopic (exact) mass is 203 g/mol. The third kappa shape index (κ3) is 1.75. The van der Waals surface area contributed by atoms with E-state index in [0.29, 0.717) is 17.8 Å². The molecule has 0 spiro atoms. The Hall–Kier alpha value is -0.980. The van der Waals surface area contributed by atoms with Gasteiger partial charge in [0.1, 0.15) is 0 Å². The molecule has 0 heterocycles. The van der Waals surface area contributed by atoms with Crippen LogP contribution < -0.4 is 5.73 Å². The number of nitrogens with two attached hydrogens (primary N) is 1. The van der Waals surface area contributed by atoms with Gasteiger partial charge in [0.25, 0.3) is 0 Å². The first-order chi connectivity index (χ1) is 7.11. The molecule has 15 heavy (non-hydrogen) atoms. The molecule has 0 fully saturated rings. The summed E-state index contributed by atoms with van der Waals surface area (Å²) < 4.78 is 0. The molecule has 0 radical (unpaired) electrons. The Labute approximate surface area is 92.7 Å².